The van der Waals surface area contributed by atoms with E-state index in [4.69, 9.17) is 0 Å². The van der Waals surface area contributed by atoms with Crippen molar-refractivity contribution < 1.29 is 13.6 Å². The molecule has 7 heteroatoms. The van der Waals surface area contributed by atoms with E-state index >= 15 is 0 Å². The van der Waals surface area contributed by atoms with E-state index < -0.39 is 17.3 Å². The second-order valence-corrected chi connectivity index (χ2v) is 3.76. The van der Waals surface area contributed by atoms with Crippen LogP contribution in [0.2, 0.25) is 0 Å². The highest BCUT2D eigenvalue weighted by molar-refractivity contribution is 5.75. The number of nitrogens with zero attached hydrogens (tertiary/aromatic N) is 1. The predicted octanol–water partition coefficient (Wildman–Crippen LogP) is 0.744. The zero-order chi connectivity index (χ0) is 13.1. The molecule has 0 fully saturated rings. The molecule has 18 heavy (non-hydrogen) atoms. The van der Waals surface area contributed by atoms with E-state index in [1.54, 1.807) is 0 Å². The lowest BCUT2D eigenvalue weighted by atomic mass is 10.3. The summed E-state index contributed by atoms with van der Waals surface area (Å²) >= 11 is 0. The summed E-state index contributed by atoms with van der Waals surface area (Å²) in [6.07, 6.45) is 0.986. The SMILES string of the molecule is O=CNCCCn1c(=O)[nH]c2ccc(F)c(F)c21. The molecule has 0 aliphatic carbocycles. The van der Waals surface area contributed by atoms with E-state index in [1.165, 1.54) is 6.07 Å². The Kier molecular flexibility index (Phi) is 3.40. The fourth-order valence-electron chi connectivity index (χ4n) is 1.80. The Balaban J connectivity index is 2.37. The fraction of sp³-hybridized carbons (Fsp3) is 0.273. The molecule has 1 aromatic heterocycles. The van der Waals surface area contributed by atoms with Gasteiger partial charge >= 0.3 is 5.69 Å². The van der Waals surface area contributed by atoms with Gasteiger partial charge in [-0.05, 0) is 18.6 Å². The van der Waals surface area contributed by atoms with E-state index in [2.05, 4.69) is 10.3 Å². The first-order valence-corrected chi connectivity index (χ1v) is 5.38. The molecule has 1 heterocycles. The van der Waals surface area contributed by atoms with E-state index in [0.29, 0.717) is 19.4 Å². The quantitative estimate of drug-likeness (QED) is 0.611. The molecule has 0 aliphatic rings. The second-order valence-electron chi connectivity index (χ2n) is 3.76. The molecule has 2 aromatic rings. The van der Waals surface area contributed by atoms with Crippen molar-refractivity contribution in [3.63, 3.8) is 0 Å². The van der Waals surface area contributed by atoms with Crippen LogP contribution in [0.1, 0.15) is 6.42 Å². The van der Waals surface area contributed by atoms with Gasteiger partial charge in [-0.15, -0.1) is 0 Å². The number of carbonyl (C=O) groups excluding carboxylic acids is 1. The number of aryl methyl sites for hydroxylation is 1. The van der Waals surface area contributed by atoms with E-state index in [9.17, 15) is 18.4 Å². The third-order valence-electron chi connectivity index (χ3n) is 2.61. The number of imidazole rings is 1. The van der Waals surface area contributed by atoms with Gasteiger partial charge in [-0.25, -0.2) is 13.6 Å². The third-order valence-corrected chi connectivity index (χ3v) is 2.61. The molecule has 0 atom stereocenters. The van der Waals surface area contributed by atoms with Gasteiger partial charge in [0.2, 0.25) is 6.41 Å². The van der Waals surface area contributed by atoms with Gasteiger partial charge in [0.1, 0.15) is 5.52 Å². The number of fused-ring (bicyclic) bond motifs is 1. The summed E-state index contributed by atoms with van der Waals surface area (Å²) in [4.78, 5) is 24.1. The molecule has 0 radical (unpaired) electrons. The van der Waals surface area contributed by atoms with Crippen molar-refractivity contribution in [1.82, 2.24) is 14.9 Å². The number of aromatic amines is 1. The molecule has 1 aromatic carbocycles. The summed E-state index contributed by atoms with van der Waals surface area (Å²) in [5.74, 6) is -2.05. The van der Waals surface area contributed by atoms with Gasteiger partial charge in [0, 0.05) is 13.1 Å². The number of halogens is 2. The molecular formula is C11H11F2N3O2. The number of benzene rings is 1. The Labute approximate surface area is 100 Å². The Morgan fingerprint density at radius 1 is 1.39 bits per heavy atom. The van der Waals surface area contributed by atoms with Crippen LogP contribution in [-0.2, 0) is 11.3 Å². The topological polar surface area (TPSA) is 66.9 Å². The number of H-pyrrole nitrogens is 1. The van der Waals surface area contributed by atoms with Gasteiger partial charge in [-0.2, -0.15) is 0 Å². The zero-order valence-corrected chi connectivity index (χ0v) is 9.37. The molecule has 0 saturated carbocycles. The van der Waals surface area contributed by atoms with E-state index in [0.717, 1.165) is 10.6 Å². The standard InChI is InChI=1S/C11H11F2N3O2/c12-7-2-3-8-10(9(7)13)16(11(18)15-8)5-1-4-14-6-17/h2-3,6H,1,4-5H2,(H,14,17)(H,15,18). The summed E-state index contributed by atoms with van der Waals surface area (Å²) in [5, 5.41) is 2.43. The van der Waals surface area contributed by atoms with Crippen molar-refractivity contribution >= 4 is 17.4 Å². The minimum absolute atomic E-state index is 0.0777. The van der Waals surface area contributed by atoms with Crippen molar-refractivity contribution in [2.24, 2.45) is 0 Å². The lowest BCUT2D eigenvalue weighted by Crippen LogP contribution is -2.21. The number of rotatable bonds is 5. The first-order chi connectivity index (χ1) is 8.65. The average molecular weight is 255 g/mol. The molecular weight excluding hydrogens is 244 g/mol. The zero-order valence-electron chi connectivity index (χ0n) is 9.37. The Hall–Kier alpha value is -2.18. The molecule has 96 valence electrons. The first kappa shape index (κ1) is 12.3. The largest absolute Gasteiger partial charge is 0.359 e. The van der Waals surface area contributed by atoms with E-state index in [-0.39, 0.29) is 17.6 Å². The number of hydrogen-bond acceptors (Lipinski definition) is 2. The maximum Gasteiger partial charge on any atom is 0.326 e. The lowest BCUT2D eigenvalue weighted by molar-refractivity contribution is -0.109. The van der Waals surface area contributed by atoms with Gasteiger partial charge in [0.05, 0.1) is 5.52 Å². The van der Waals surface area contributed by atoms with Gasteiger partial charge in [0.15, 0.2) is 11.6 Å². The summed E-state index contributed by atoms with van der Waals surface area (Å²) in [7, 11) is 0. The normalized spacial score (nSPS) is 10.8. The molecule has 2 N–H and O–H groups in total. The Morgan fingerprint density at radius 3 is 2.89 bits per heavy atom. The van der Waals surface area contributed by atoms with Crippen molar-refractivity contribution in [3.8, 4) is 0 Å². The summed E-state index contributed by atoms with van der Waals surface area (Å²) in [6, 6.07) is 2.28. The maximum absolute atomic E-state index is 13.6. The Morgan fingerprint density at radius 2 is 2.17 bits per heavy atom. The predicted molar refractivity (Wildman–Crippen MR) is 61.2 cm³/mol. The molecule has 5 nitrogen and oxygen atoms in total. The van der Waals surface area contributed by atoms with Crippen LogP contribution >= 0.6 is 0 Å². The van der Waals surface area contributed by atoms with Gasteiger partial charge in [0.25, 0.3) is 0 Å². The van der Waals surface area contributed by atoms with Gasteiger partial charge in [-0.3, -0.25) is 9.36 Å². The number of aromatic nitrogens is 2. The maximum atomic E-state index is 13.6. The van der Waals surface area contributed by atoms with Crippen LogP contribution in [0.4, 0.5) is 8.78 Å². The number of hydrogen-bond donors (Lipinski definition) is 2. The number of nitrogens with one attached hydrogen (secondary N) is 2. The average Bonchev–Trinajstić information content (AvgIpc) is 2.67. The highest BCUT2D eigenvalue weighted by Crippen LogP contribution is 2.17. The van der Waals surface area contributed by atoms with Crippen molar-refractivity contribution in [2.45, 2.75) is 13.0 Å². The molecule has 1 amide bonds. The molecule has 0 saturated heterocycles. The fourth-order valence-corrected chi connectivity index (χ4v) is 1.80. The summed E-state index contributed by atoms with van der Waals surface area (Å²) in [6.45, 7) is 0.555. The van der Waals surface area contributed by atoms with Crippen LogP contribution < -0.4 is 11.0 Å². The van der Waals surface area contributed by atoms with Crippen molar-refractivity contribution in [3.05, 3.63) is 34.3 Å². The summed E-state index contributed by atoms with van der Waals surface area (Å²) in [5.41, 5.74) is -0.325. The lowest BCUT2D eigenvalue weighted by Gasteiger charge is -2.04. The van der Waals surface area contributed by atoms with Crippen LogP contribution in [-0.4, -0.2) is 22.5 Å². The van der Waals surface area contributed by atoms with Crippen LogP contribution in [0.5, 0.6) is 0 Å². The number of amides is 1. The molecule has 0 aliphatic heterocycles. The van der Waals surface area contributed by atoms with Crippen LogP contribution in [0.25, 0.3) is 11.0 Å². The molecule has 0 unspecified atom stereocenters. The van der Waals surface area contributed by atoms with Crippen molar-refractivity contribution in [1.29, 1.82) is 0 Å². The highest BCUT2D eigenvalue weighted by Gasteiger charge is 2.14. The molecule has 0 bridgehead atoms. The van der Waals surface area contributed by atoms with Crippen LogP contribution in [0.15, 0.2) is 16.9 Å². The van der Waals surface area contributed by atoms with Crippen molar-refractivity contribution in [2.75, 3.05) is 6.54 Å². The highest BCUT2D eigenvalue weighted by atomic mass is 19.2. The monoisotopic (exact) mass is 255 g/mol. The van der Waals surface area contributed by atoms with Gasteiger partial charge < -0.3 is 10.3 Å². The second kappa shape index (κ2) is 4.99. The first-order valence-electron chi connectivity index (χ1n) is 5.38. The number of carbonyl (C=O) groups is 1. The molecule has 2 rings (SSSR count). The van der Waals surface area contributed by atoms with Crippen LogP contribution in [0, 0.1) is 11.6 Å². The summed E-state index contributed by atoms with van der Waals surface area (Å²) < 4.78 is 27.9. The third kappa shape index (κ3) is 2.11. The Bertz CT molecular complexity index is 633. The van der Waals surface area contributed by atoms with E-state index in [1.807, 2.05) is 0 Å². The minimum Gasteiger partial charge on any atom is -0.359 e. The molecule has 0 spiro atoms. The smallest absolute Gasteiger partial charge is 0.326 e. The van der Waals surface area contributed by atoms with Crippen LogP contribution in [0.3, 0.4) is 0 Å². The van der Waals surface area contributed by atoms with Gasteiger partial charge in [-0.1, -0.05) is 0 Å². The minimum atomic E-state index is -1.05.